The minimum absolute atomic E-state index is 0.0630. The van der Waals surface area contributed by atoms with Gasteiger partial charge in [-0.15, -0.1) is 0 Å². The van der Waals surface area contributed by atoms with Gasteiger partial charge < -0.3 is 20.3 Å². The van der Waals surface area contributed by atoms with Gasteiger partial charge in [-0.2, -0.15) is 0 Å². The van der Waals surface area contributed by atoms with Crippen molar-refractivity contribution in [3.05, 3.63) is 35.4 Å². The average Bonchev–Trinajstić information content (AvgIpc) is 3.40. The van der Waals surface area contributed by atoms with Crippen LogP contribution in [0.25, 0.3) is 0 Å². The quantitative estimate of drug-likeness (QED) is 0.862. The highest BCUT2D eigenvalue weighted by Crippen LogP contribution is 2.49. The van der Waals surface area contributed by atoms with Crippen molar-refractivity contribution in [3.63, 3.8) is 0 Å². The van der Waals surface area contributed by atoms with Gasteiger partial charge in [0.15, 0.2) is 0 Å². The molecular formula is C21H29N3O4. The Morgan fingerprint density at radius 2 is 1.89 bits per heavy atom. The number of carbonyl (C=O) groups is 3. The number of nitrogens with two attached hydrogens (primary N) is 1. The van der Waals surface area contributed by atoms with Crippen molar-refractivity contribution in [3.8, 4) is 0 Å². The lowest BCUT2D eigenvalue weighted by molar-refractivity contribution is -0.137. The Balaban J connectivity index is 1.59. The summed E-state index contributed by atoms with van der Waals surface area (Å²) < 4.78 is 5.43. The Labute approximate surface area is 165 Å². The molecule has 1 saturated heterocycles. The highest BCUT2D eigenvalue weighted by atomic mass is 16.6. The molecule has 3 amide bonds. The van der Waals surface area contributed by atoms with Gasteiger partial charge in [-0.25, -0.2) is 4.79 Å². The van der Waals surface area contributed by atoms with Gasteiger partial charge in [-0.05, 0) is 57.7 Å². The molecule has 1 heterocycles. The number of amides is 3. The van der Waals surface area contributed by atoms with E-state index in [2.05, 4.69) is 0 Å². The van der Waals surface area contributed by atoms with E-state index in [0.29, 0.717) is 25.2 Å². The molecular weight excluding hydrogens is 358 g/mol. The first-order chi connectivity index (χ1) is 13.1. The van der Waals surface area contributed by atoms with Crippen LogP contribution < -0.4 is 5.73 Å². The zero-order chi connectivity index (χ0) is 20.6. The number of carbonyl (C=O) groups excluding carboxylic acids is 3. The second-order valence-corrected chi connectivity index (χ2v) is 8.75. The lowest BCUT2D eigenvalue weighted by atomic mass is 10.0. The van der Waals surface area contributed by atoms with E-state index >= 15 is 0 Å². The van der Waals surface area contributed by atoms with Crippen molar-refractivity contribution in [1.82, 2.24) is 9.80 Å². The van der Waals surface area contributed by atoms with Gasteiger partial charge >= 0.3 is 6.09 Å². The fourth-order valence-electron chi connectivity index (χ4n) is 3.75. The molecule has 1 aliphatic carbocycles. The van der Waals surface area contributed by atoms with Crippen molar-refractivity contribution in [2.75, 3.05) is 19.6 Å². The molecule has 2 N–H and O–H groups in total. The van der Waals surface area contributed by atoms with E-state index in [-0.39, 0.29) is 29.9 Å². The first-order valence-electron chi connectivity index (χ1n) is 9.75. The fraction of sp³-hybridized carbons (Fsp3) is 0.571. The van der Waals surface area contributed by atoms with E-state index in [1.165, 1.54) is 0 Å². The van der Waals surface area contributed by atoms with Gasteiger partial charge in [-0.3, -0.25) is 9.59 Å². The Bertz CT molecular complexity index is 786. The van der Waals surface area contributed by atoms with Crippen molar-refractivity contribution in [2.45, 2.75) is 51.7 Å². The topological polar surface area (TPSA) is 92.9 Å². The molecule has 1 aromatic carbocycles. The van der Waals surface area contributed by atoms with Crippen LogP contribution in [0.1, 0.15) is 56.0 Å². The number of primary amides is 1. The van der Waals surface area contributed by atoms with Crippen LogP contribution in [0.3, 0.4) is 0 Å². The zero-order valence-electron chi connectivity index (χ0n) is 17.0. The highest BCUT2D eigenvalue weighted by molar-refractivity contribution is 5.93. The monoisotopic (exact) mass is 387 g/mol. The van der Waals surface area contributed by atoms with E-state index in [1.54, 1.807) is 23.1 Å². The smallest absolute Gasteiger partial charge is 0.410 e. The van der Waals surface area contributed by atoms with E-state index in [4.69, 9.17) is 10.5 Å². The van der Waals surface area contributed by atoms with Crippen LogP contribution in [0.2, 0.25) is 0 Å². The Hall–Kier alpha value is -2.57. The molecule has 1 saturated carbocycles. The molecule has 2 aliphatic rings. The molecule has 0 aromatic heterocycles. The average molecular weight is 387 g/mol. The van der Waals surface area contributed by atoms with Crippen LogP contribution in [0, 0.1) is 5.92 Å². The van der Waals surface area contributed by atoms with Gasteiger partial charge in [0.05, 0.1) is 0 Å². The third-order valence-electron chi connectivity index (χ3n) is 5.27. The fourth-order valence-corrected chi connectivity index (χ4v) is 3.75. The molecule has 152 valence electrons. The summed E-state index contributed by atoms with van der Waals surface area (Å²) in [5.74, 6) is -0.287. The SMILES string of the molecule is C[C@@H]1CN(C(=O)OC(C)(C)C)CCN1C(=O)[C@H]1C[C@@H]1c1cccc(C(N)=O)c1. The normalized spacial score (nSPS) is 24.6. The number of hydrogen-bond acceptors (Lipinski definition) is 4. The number of ether oxygens (including phenoxy) is 1. The molecule has 7 nitrogen and oxygen atoms in total. The number of piperazine rings is 1. The van der Waals surface area contributed by atoms with Crippen molar-refractivity contribution in [1.29, 1.82) is 0 Å². The number of nitrogens with zero attached hydrogens (tertiary/aromatic N) is 2. The maximum atomic E-state index is 13.0. The molecule has 2 fully saturated rings. The second-order valence-electron chi connectivity index (χ2n) is 8.75. The van der Waals surface area contributed by atoms with Crippen LogP contribution in [-0.4, -0.2) is 59.0 Å². The van der Waals surface area contributed by atoms with E-state index in [1.807, 2.05) is 38.7 Å². The molecule has 0 bridgehead atoms. The molecule has 3 atom stereocenters. The van der Waals surface area contributed by atoms with Crippen LogP contribution in [0.15, 0.2) is 24.3 Å². The molecule has 0 unspecified atom stereocenters. The van der Waals surface area contributed by atoms with Gasteiger partial charge in [0.2, 0.25) is 11.8 Å². The largest absolute Gasteiger partial charge is 0.444 e. The van der Waals surface area contributed by atoms with Crippen LogP contribution >= 0.6 is 0 Å². The molecule has 7 heteroatoms. The van der Waals surface area contributed by atoms with E-state index < -0.39 is 11.5 Å². The molecule has 3 rings (SSSR count). The summed E-state index contributed by atoms with van der Waals surface area (Å²) in [5, 5.41) is 0. The maximum absolute atomic E-state index is 13.0. The first-order valence-corrected chi connectivity index (χ1v) is 9.75. The molecule has 1 aliphatic heterocycles. The van der Waals surface area contributed by atoms with Gasteiger partial charge in [0, 0.05) is 37.2 Å². The Morgan fingerprint density at radius 1 is 1.18 bits per heavy atom. The van der Waals surface area contributed by atoms with Gasteiger partial charge in [0.1, 0.15) is 5.60 Å². The van der Waals surface area contributed by atoms with Gasteiger partial charge in [0.25, 0.3) is 0 Å². The van der Waals surface area contributed by atoms with Crippen LogP contribution in [0.4, 0.5) is 4.79 Å². The standard InChI is InChI=1S/C21H29N3O4/c1-13-12-23(20(27)28-21(2,3)4)8-9-24(13)19(26)17-11-16(17)14-6-5-7-15(10-14)18(22)25/h5-7,10,13,16-17H,8-9,11-12H2,1-4H3,(H2,22,25)/t13-,16-,17+/m1/s1. The number of hydrogen-bond donors (Lipinski definition) is 1. The summed E-state index contributed by atoms with van der Waals surface area (Å²) in [4.78, 5) is 40.2. The molecule has 0 radical (unpaired) electrons. The molecule has 1 aromatic rings. The van der Waals surface area contributed by atoms with Crippen LogP contribution in [0.5, 0.6) is 0 Å². The molecule has 28 heavy (non-hydrogen) atoms. The summed E-state index contributed by atoms with van der Waals surface area (Å²) in [7, 11) is 0. The summed E-state index contributed by atoms with van der Waals surface area (Å²) in [6.45, 7) is 8.93. The maximum Gasteiger partial charge on any atom is 0.410 e. The highest BCUT2D eigenvalue weighted by Gasteiger charge is 2.47. The van der Waals surface area contributed by atoms with E-state index in [9.17, 15) is 14.4 Å². The lowest BCUT2D eigenvalue weighted by Gasteiger charge is -2.40. The lowest BCUT2D eigenvalue weighted by Crippen LogP contribution is -2.56. The molecule has 0 spiro atoms. The Morgan fingerprint density at radius 3 is 2.50 bits per heavy atom. The third kappa shape index (κ3) is 4.46. The predicted octanol–water partition coefficient (Wildman–Crippen LogP) is 2.36. The number of rotatable bonds is 3. The number of benzene rings is 1. The van der Waals surface area contributed by atoms with Crippen molar-refractivity contribution in [2.24, 2.45) is 11.7 Å². The summed E-state index contributed by atoms with van der Waals surface area (Å²) in [5.41, 5.74) is 6.27. The zero-order valence-corrected chi connectivity index (χ0v) is 17.0. The van der Waals surface area contributed by atoms with Crippen molar-refractivity contribution >= 4 is 17.9 Å². The van der Waals surface area contributed by atoms with E-state index in [0.717, 1.165) is 12.0 Å². The predicted molar refractivity (Wildman–Crippen MR) is 105 cm³/mol. The summed E-state index contributed by atoms with van der Waals surface area (Å²) in [6, 6.07) is 7.14. The van der Waals surface area contributed by atoms with Gasteiger partial charge in [-0.1, -0.05) is 12.1 Å². The third-order valence-corrected chi connectivity index (χ3v) is 5.27. The Kier molecular flexibility index (Phi) is 5.37. The first kappa shape index (κ1) is 20.2. The minimum atomic E-state index is -0.534. The second kappa shape index (κ2) is 7.45. The van der Waals surface area contributed by atoms with Crippen LogP contribution in [-0.2, 0) is 9.53 Å². The summed E-state index contributed by atoms with van der Waals surface area (Å²) in [6.07, 6.45) is 0.444. The van der Waals surface area contributed by atoms with Crippen molar-refractivity contribution < 1.29 is 19.1 Å². The summed E-state index contributed by atoms with van der Waals surface area (Å²) >= 11 is 0. The minimum Gasteiger partial charge on any atom is -0.444 e.